The number of hydrogen-bond acceptors (Lipinski definition) is 1. The van der Waals surface area contributed by atoms with Gasteiger partial charge in [0, 0.05) is 6.04 Å². The number of amides is 1. The Morgan fingerprint density at radius 1 is 1.37 bits per heavy atom. The van der Waals surface area contributed by atoms with Crippen LogP contribution in [0.25, 0.3) is 0 Å². The second-order valence-electron chi connectivity index (χ2n) is 4.78. The van der Waals surface area contributed by atoms with E-state index in [0.717, 1.165) is 32.1 Å². The fourth-order valence-corrected chi connectivity index (χ4v) is 1.94. The Balaban J connectivity index is 2.32. The van der Waals surface area contributed by atoms with Crippen molar-refractivity contribution in [2.24, 2.45) is 0 Å². The molecule has 104 valence electrons. The van der Waals surface area contributed by atoms with Crippen molar-refractivity contribution in [3.05, 3.63) is 48.3 Å². The van der Waals surface area contributed by atoms with Gasteiger partial charge in [-0.05, 0) is 38.3 Å². The lowest BCUT2D eigenvalue weighted by Crippen LogP contribution is -2.33. The van der Waals surface area contributed by atoms with Crippen molar-refractivity contribution in [3.8, 4) is 0 Å². The summed E-state index contributed by atoms with van der Waals surface area (Å²) in [5.41, 5.74) is 0.112. The molecule has 19 heavy (non-hydrogen) atoms. The molecule has 0 bridgehead atoms. The molecule has 1 rings (SSSR count). The molecule has 0 spiro atoms. The van der Waals surface area contributed by atoms with Gasteiger partial charge in [0.25, 0.3) is 5.91 Å². The third-order valence-corrected chi connectivity index (χ3v) is 3.04. The average Bonchev–Trinajstić information content (AvgIpc) is 2.39. The van der Waals surface area contributed by atoms with Crippen LogP contribution in [-0.4, -0.2) is 11.9 Å². The number of carbonyl (C=O) groups is 1. The fourth-order valence-electron chi connectivity index (χ4n) is 1.94. The standard InChI is InChI=1S/C16H22FNO/c1-3-4-5-6-7-10-13(2)18-16(19)14-11-8-9-12-15(14)17/h3,8-9,11-13H,1,4-7,10H2,2H3,(H,18,19)/t13-/m0/s1. The van der Waals surface area contributed by atoms with Crippen molar-refractivity contribution in [1.29, 1.82) is 0 Å². The van der Waals surface area contributed by atoms with Gasteiger partial charge >= 0.3 is 0 Å². The molecule has 1 atom stereocenters. The zero-order chi connectivity index (χ0) is 14.1. The molecule has 2 nitrogen and oxygen atoms in total. The van der Waals surface area contributed by atoms with E-state index in [4.69, 9.17) is 0 Å². The van der Waals surface area contributed by atoms with Crippen LogP contribution in [0.3, 0.4) is 0 Å². The molecule has 0 saturated carbocycles. The van der Waals surface area contributed by atoms with Crippen LogP contribution >= 0.6 is 0 Å². The minimum atomic E-state index is -0.474. The van der Waals surface area contributed by atoms with Crippen LogP contribution in [0.5, 0.6) is 0 Å². The first-order valence-electron chi connectivity index (χ1n) is 6.81. The minimum absolute atomic E-state index is 0.0656. The normalized spacial score (nSPS) is 11.9. The zero-order valence-corrected chi connectivity index (χ0v) is 11.5. The van der Waals surface area contributed by atoms with Crippen molar-refractivity contribution >= 4 is 5.91 Å². The number of carbonyl (C=O) groups excluding carboxylic acids is 1. The number of halogens is 1. The van der Waals surface area contributed by atoms with Crippen LogP contribution in [-0.2, 0) is 0 Å². The van der Waals surface area contributed by atoms with E-state index >= 15 is 0 Å². The van der Waals surface area contributed by atoms with Gasteiger partial charge in [0.2, 0.25) is 0 Å². The van der Waals surface area contributed by atoms with Gasteiger partial charge in [0.05, 0.1) is 5.56 Å². The molecule has 0 aliphatic heterocycles. The molecule has 0 saturated heterocycles. The molecule has 0 radical (unpaired) electrons. The Bertz CT molecular complexity index is 417. The third-order valence-electron chi connectivity index (χ3n) is 3.04. The van der Waals surface area contributed by atoms with E-state index < -0.39 is 5.82 Å². The molecule has 0 unspecified atom stereocenters. The summed E-state index contributed by atoms with van der Waals surface area (Å²) in [6.45, 7) is 5.63. The van der Waals surface area contributed by atoms with Crippen molar-refractivity contribution < 1.29 is 9.18 Å². The highest BCUT2D eigenvalue weighted by molar-refractivity contribution is 5.94. The van der Waals surface area contributed by atoms with Gasteiger partial charge in [-0.25, -0.2) is 4.39 Å². The highest BCUT2D eigenvalue weighted by atomic mass is 19.1. The number of rotatable bonds is 8. The Kier molecular flexibility index (Phi) is 6.86. The lowest BCUT2D eigenvalue weighted by Gasteiger charge is -2.14. The number of nitrogens with one attached hydrogen (secondary N) is 1. The number of hydrogen-bond donors (Lipinski definition) is 1. The van der Waals surface area contributed by atoms with Gasteiger partial charge in [0.1, 0.15) is 5.82 Å². The molecule has 0 aromatic heterocycles. The maximum Gasteiger partial charge on any atom is 0.254 e. The van der Waals surface area contributed by atoms with Crippen LogP contribution in [0.1, 0.15) is 49.4 Å². The first-order valence-corrected chi connectivity index (χ1v) is 6.81. The third kappa shape index (κ3) is 5.69. The molecule has 1 aromatic rings. The first-order chi connectivity index (χ1) is 9.15. The zero-order valence-electron chi connectivity index (χ0n) is 11.5. The number of unbranched alkanes of at least 4 members (excludes halogenated alkanes) is 3. The lowest BCUT2D eigenvalue weighted by atomic mass is 10.1. The van der Waals surface area contributed by atoms with Gasteiger partial charge in [-0.2, -0.15) is 0 Å². The Morgan fingerprint density at radius 2 is 2.11 bits per heavy atom. The van der Waals surface area contributed by atoms with Crippen molar-refractivity contribution in [1.82, 2.24) is 5.32 Å². The monoisotopic (exact) mass is 263 g/mol. The quantitative estimate of drug-likeness (QED) is 0.555. The van der Waals surface area contributed by atoms with E-state index in [-0.39, 0.29) is 17.5 Å². The Hall–Kier alpha value is -1.64. The highest BCUT2D eigenvalue weighted by Gasteiger charge is 2.12. The molecular weight excluding hydrogens is 241 g/mol. The summed E-state index contributed by atoms with van der Waals surface area (Å²) in [6.07, 6.45) is 7.20. The van der Waals surface area contributed by atoms with Crippen molar-refractivity contribution in [2.75, 3.05) is 0 Å². The maximum atomic E-state index is 13.4. The Labute approximate surface area is 114 Å². The molecule has 0 fully saturated rings. The highest BCUT2D eigenvalue weighted by Crippen LogP contribution is 2.09. The van der Waals surface area contributed by atoms with Crippen molar-refractivity contribution in [3.63, 3.8) is 0 Å². The van der Waals surface area contributed by atoms with E-state index in [0.29, 0.717) is 0 Å². The second kappa shape index (κ2) is 8.46. The van der Waals surface area contributed by atoms with Gasteiger partial charge in [-0.3, -0.25) is 4.79 Å². The second-order valence-corrected chi connectivity index (χ2v) is 4.78. The van der Waals surface area contributed by atoms with E-state index in [1.165, 1.54) is 12.1 Å². The fraction of sp³-hybridized carbons (Fsp3) is 0.438. The summed E-state index contributed by atoms with van der Waals surface area (Å²) < 4.78 is 13.4. The summed E-state index contributed by atoms with van der Waals surface area (Å²) in [5.74, 6) is -0.810. The molecule has 1 amide bonds. The largest absolute Gasteiger partial charge is 0.349 e. The van der Waals surface area contributed by atoms with E-state index in [1.54, 1.807) is 12.1 Å². The molecular formula is C16H22FNO. The maximum absolute atomic E-state index is 13.4. The number of benzene rings is 1. The van der Waals surface area contributed by atoms with Gasteiger partial charge in [-0.15, -0.1) is 6.58 Å². The van der Waals surface area contributed by atoms with Crippen LogP contribution in [0.4, 0.5) is 4.39 Å². The molecule has 0 heterocycles. The smallest absolute Gasteiger partial charge is 0.254 e. The SMILES string of the molecule is C=CCCCCC[C@H](C)NC(=O)c1ccccc1F. The summed E-state index contributed by atoms with van der Waals surface area (Å²) in [6, 6.07) is 6.11. The van der Waals surface area contributed by atoms with Gasteiger partial charge in [-0.1, -0.05) is 31.1 Å². The molecule has 1 aromatic carbocycles. The molecule has 1 N–H and O–H groups in total. The van der Waals surface area contributed by atoms with E-state index in [9.17, 15) is 9.18 Å². The van der Waals surface area contributed by atoms with Gasteiger partial charge in [0.15, 0.2) is 0 Å². The van der Waals surface area contributed by atoms with E-state index in [1.807, 2.05) is 13.0 Å². The van der Waals surface area contributed by atoms with Crippen LogP contribution < -0.4 is 5.32 Å². The van der Waals surface area contributed by atoms with Crippen LogP contribution in [0.15, 0.2) is 36.9 Å². The summed E-state index contributed by atoms with van der Waals surface area (Å²) in [5, 5.41) is 2.83. The number of allylic oxidation sites excluding steroid dienone is 1. The predicted octanol–water partition coefficient (Wildman–Crippen LogP) is 4.08. The topological polar surface area (TPSA) is 29.1 Å². The molecule has 0 aliphatic rings. The van der Waals surface area contributed by atoms with E-state index in [2.05, 4.69) is 11.9 Å². The summed E-state index contributed by atoms with van der Waals surface area (Å²) >= 11 is 0. The summed E-state index contributed by atoms with van der Waals surface area (Å²) in [7, 11) is 0. The summed E-state index contributed by atoms with van der Waals surface area (Å²) in [4.78, 5) is 11.8. The van der Waals surface area contributed by atoms with Crippen LogP contribution in [0, 0.1) is 5.82 Å². The average molecular weight is 263 g/mol. The lowest BCUT2D eigenvalue weighted by molar-refractivity contribution is 0.0934. The minimum Gasteiger partial charge on any atom is -0.349 e. The van der Waals surface area contributed by atoms with Crippen molar-refractivity contribution in [2.45, 2.75) is 45.1 Å². The van der Waals surface area contributed by atoms with Crippen LogP contribution in [0.2, 0.25) is 0 Å². The van der Waals surface area contributed by atoms with Gasteiger partial charge < -0.3 is 5.32 Å². The first kappa shape index (κ1) is 15.4. The molecule has 0 aliphatic carbocycles. The Morgan fingerprint density at radius 3 is 2.79 bits per heavy atom. The molecule has 3 heteroatoms. The predicted molar refractivity (Wildman–Crippen MR) is 76.6 cm³/mol.